The summed E-state index contributed by atoms with van der Waals surface area (Å²) < 4.78 is 30.8. The number of carbonyl (C=O) groups excluding carboxylic acids is 1. The first-order valence-corrected chi connectivity index (χ1v) is 13.6. The van der Waals surface area contributed by atoms with E-state index in [2.05, 4.69) is 4.99 Å². The Hall–Kier alpha value is -2.00. The number of nitrogens with zero attached hydrogens (tertiary/aromatic N) is 3. The molecule has 0 aliphatic heterocycles. The van der Waals surface area contributed by atoms with Crippen molar-refractivity contribution in [2.24, 2.45) is 16.8 Å². The number of para-hydroxylation sites is 1. The summed E-state index contributed by atoms with van der Waals surface area (Å²) in [5.41, 5.74) is 1.19. The van der Waals surface area contributed by atoms with Gasteiger partial charge in [0.25, 0.3) is 5.91 Å². The largest absolute Gasteiger partial charge is 0.315 e. The quantitative estimate of drug-likeness (QED) is 0.408. The molecule has 1 amide bonds. The molecule has 0 bridgehead atoms. The van der Waals surface area contributed by atoms with Crippen LogP contribution in [0.15, 0.2) is 52.4 Å². The second-order valence-electron chi connectivity index (χ2n) is 8.77. The molecule has 0 fully saturated rings. The first-order valence-electron chi connectivity index (χ1n) is 11.0. The maximum absolute atomic E-state index is 13.2. The van der Waals surface area contributed by atoms with Crippen molar-refractivity contribution in [1.82, 2.24) is 8.87 Å². The molecule has 0 N–H and O–H groups in total. The second kappa shape index (κ2) is 10.5. The molecule has 2 aromatic carbocycles. The van der Waals surface area contributed by atoms with E-state index in [0.717, 1.165) is 10.2 Å². The van der Waals surface area contributed by atoms with Gasteiger partial charge in [-0.3, -0.25) is 4.79 Å². The Morgan fingerprint density at radius 1 is 1.06 bits per heavy atom. The molecule has 0 saturated heterocycles. The minimum atomic E-state index is -3.65. The van der Waals surface area contributed by atoms with Gasteiger partial charge in [-0.1, -0.05) is 56.7 Å². The number of hydrogen-bond donors (Lipinski definition) is 0. The third kappa shape index (κ3) is 5.74. The summed E-state index contributed by atoms with van der Waals surface area (Å²) in [6.45, 7) is 11.5. The minimum Gasteiger partial charge on any atom is -0.315 e. The van der Waals surface area contributed by atoms with Crippen LogP contribution >= 0.6 is 22.9 Å². The molecule has 9 heteroatoms. The van der Waals surface area contributed by atoms with Crippen LogP contribution in [-0.4, -0.2) is 36.3 Å². The van der Waals surface area contributed by atoms with Crippen molar-refractivity contribution in [3.63, 3.8) is 0 Å². The number of halogens is 1. The van der Waals surface area contributed by atoms with E-state index in [1.54, 1.807) is 0 Å². The van der Waals surface area contributed by atoms with Crippen LogP contribution in [0.25, 0.3) is 10.2 Å². The zero-order valence-corrected chi connectivity index (χ0v) is 22.0. The highest BCUT2D eigenvalue weighted by molar-refractivity contribution is 7.89. The smallest absolute Gasteiger partial charge is 0.279 e. The predicted molar refractivity (Wildman–Crippen MR) is 135 cm³/mol. The fourth-order valence-electron chi connectivity index (χ4n) is 3.62. The zero-order valence-electron chi connectivity index (χ0n) is 19.6. The summed E-state index contributed by atoms with van der Waals surface area (Å²) in [6, 6.07) is 11.7. The van der Waals surface area contributed by atoms with Crippen molar-refractivity contribution in [2.45, 2.75) is 46.1 Å². The number of aromatic nitrogens is 1. The molecule has 0 saturated carbocycles. The Kier molecular flexibility index (Phi) is 8.16. The predicted octanol–water partition coefficient (Wildman–Crippen LogP) is 5.42. The average molecular weight is 508 g/mol. The second-order valence-corrected chi connectivity index (χ2v) is 12.1. The maximum atomic E-state index is 13.2. The highest BCUT2D eigenvalue weighted by Gasteiger charge is 2.26. The van der Waals surface area contributed by atoms with Gasteiger partial charge in [0.2, 0.25) is 10.0 Å². The molecular weight excluding hydrogens is 478 g/mol. The van der Waals surface area contributed by atoms with E-state index < -0.39 is 15.9 Å². The molecule has 3 aromatic rings. The lowest BCUT2D eigenvalue weighted by atomic mass is 10.2. The van der Waals surface area contributed by atoms with E-state index in [0.29, 0.717) is 35.0 Å². The lowest BCUT2D eigenvalue weighted by molar-refractivity contribution is 0.0997. The molecule has 3 rings (SSSR count). The van der Waals surface area contributed by atoms with E-state index in [-0.39, 0.29) is 16.7 Å². The number of rotatable bonds is 8. The van der Waals surface area contributed by atoms with Crippen LogP contribution in [0.4, 0.5) is 0 Å². The molecule has 6 nitrogen and oxygen atoms in total. The monoisotopic (exact) mass is 507 g/mol. The fraction of sp³-hybridized carbons (Fsp3) is 0.417. The summed E-state index contributed by atoms with van der Waals surface area (Å²) in [5.74, 6) is -0.0125. The summed E-state index contributed by atoms with van der Waals surface area (Å²) in [7, 11) is -3.65. The average Bonchev–Trinajstić information content (AvgIpc) is 3.11. The van der Waals surface area contributed by atoms with Crippen LogP contribution in [0.3, 0.4) is 0 Å². The van der Waals surface area contributed by atoms with Gasteiger partial charge in [0.1, 0.15) is 0 Å². The molecule has 1 aromatic heterocycles. The van der Waals surface area contributed by atoms with Crippen LogP contribution in [0.1, 0.15) is 45.0 Å². The summed E-state index contributed by atoms with van der Waals surface area (Å²) in [4.78, 5) is 17.9. The lowest BCUT2D eigenvalue weighted by Crippen LogP contribution is -2.37. The number of carbonyl (C=O) groups is 1. The Morgan fingerprint density at radius 3 is 2.21 bits per heavy atom. The van der Waals surface area contributed by atoms with Crippen LogP contribution < -0.4 is 4.80 Å². The number of thiazole rings is 1. The normalized spacial score (nSPS) is 13.1. The molecule has 0 unspecified atom stereocenters. The summed E-state index contributed by atoms with van der Waals surface area (Å²) in [6.07, 6.45) is 0. The number of aryl methyl sites for hydroxylation is 1. The van der Waals surface area contributed by atoms with E-state index >= 15 is 0 Å². The van der Waals surface area contributed by atoms with Gasteiger partial charge in [-0.2, -0.15) is 9.30 Å². The highest BCUT2D eigenvalue weighted by atomic mass is 35.5. The van der Waals surface area contributed by atoms with E-state index in [1.807, 2.05) is 57.4 Å². The fourth-order valence-corrected chi connectivity index (χ4v) is 6.84. The molecular formula is C24H30ClN3O3S2. The topological polar surface area (TPSA) is 71.7 Å². The Balaban J connectivity index is 1.94. The van der Waals surface area contributed by atoms with Crippen LogP contribution in [0.2, 0.25) is 5.02 Å². The van der Waals surface area contributed by atoms with Gasteiger partial charge < -0.3 is 4.57 Å². The molecule has 0 radical (unpaired) electrons. The van der Waals surface area contributed by atoms with E-state index in [4.69, 9.17) is 11.6 Å². The Morgan fingerprint density at radius 2 is 1.67 bits per heavy atom. The molecule has 178 valence electrons. The van der Waals surface area contributed by atoms with Gasteiger partial charge in [0.05, 0.1) is 20.1 Å². The molecule has 33 heavy (non-hydrogen) atoms. The Bertz CT molecular complexity index is 1300. The summed E-state index contributed by atoms with van der Waals surface area (Å²) >= 11 is 7.75. The number of amides is 1. The van der Waals surface area contributed by atoms with Crippen LogP contribution in [0, 0.1) is 11.8 Å². The molecule has 0 spiro atoms. The van der Waals surface area contributed by atoms with E-state index in [1.165, 1.54) is 39.9 Å². The first-order chi connectivity index (χ1) is 15.5. The van der Waals surface area contributed by atoms with Gasteiger partial charge >= 0.3 is 0 Å². The van der Waals surface area contributed by atoms with Crippen molar-refractivity contribution < 1.29 is 13.2 Å². The third-order valence-electron chi connectivity index (χ3n) is 5.04. The summed E-state index contributed by atoms with van der Waals surface area (Å²) in [5, 5.41) is 0.612. The number of sulfonamides is 1. The van der Waals surface area contributed by atoms with Gasteiger partial charge in [0.15, 0.2) is 4.80 Å². The van der Waals surface area contributed by atoms with Crippen molar-refractivity contribution in [3.8, 4) is 0 Å². The Labute approximate surface area is 204 Å². The standard InChI is InChI=1S/C24H30ClN3O3S2/c1-6-28-22-20(25)8-7-9-21(22)32-24(28)26-23(29)18-10-12-19(13-11-18)33(30,31)27(14-16(2)3)15-17(4)5/h7-13,16-17H,6,14-15H2,1-5H3. The molecule has 0 atom stereocenters. The van der Waals surface area contributed by atoms with Crippen molar-refractivity contribution in [3.05, 3.63) is 57.9 Å². The molecule has 0 aliphatic rings. The first kappa shape index (κ1) is 25.6. The third-order valence-corrected chi connectivity index (χ3v) is 8.24. The van der Waals surface area contributed by atoms with Crippen LogP contribution in [0.5, 0.6) is 0 Å². The van der Waals surface area contributed by atoms with Gasteiger partial charge in [-0.25, -0.2) is 8.42 Å². The van der Waals surface area contributed by atoms with Crippen LogP contribution in [-0.2, 0) is 16.6 Å². The SMILES string of the molecule is CCn1c(=NC(=O)c2ccc(S(=O)(=O)N(CC(C)C)CC(C)C)cc2)sc2cccc(Cl)c21. The van der Waals surface area contributed by atoms with Gasteiger partial charge in [0, 0.05) is 25.2 Å². The number of hydrogen-bond acceptors (Lipinski definition) is 4. The van der Waals surface area contributed by atoms with Gasteiger partial charge in [-0.05, 0) is 55.2 Å². The molecule has 0 aliphatic carbocycles. The zero-order chi connectivity index (χ0) is 24.3. The van der Waals surface area contributed by atoms with Crippen molar-refractivity contribution in [2.75, 3.05) is 13.1 Å². The van der Waals surface area contributed by atoms with E-state index in [9.17, 15) is 13.2 Å². The number of benzene rings is 2. The van der Waals surface area contributed by atoms with Crippen molar-refractivity contribution in [1.29, 1.82) is 0 Å². The van der Waals surface area contributed by atoms with Crippen molar-refractivity contribution >= 4 is 49.1 Å². The number of fused-ring (bicyclic) bond motifs is 1. The highest BCUT2D eigenvalue weighted by Crippen LogP contribution is 2.25. The maximum Gasteiger partial charge on any atom is 0.279 e. The molecule has 1 heterocycles. The van der Waals surface area contributed by atoms with Gasteiger partial charge in [-0.15, -0.1) is 0 Å². The lowest BCUT2D eigenvalue weighted by Gasteiger charge is -2.25. The minimum absolute atomic E-state index is 0.178.